The molecule has 0 radical (unpaired) electrons. The van der Waals surface area contributed by atoms with Gasteiger partial charge in [0.2, 0.25) is 10.0 Å². The molecule has 0 saturated heterocycles. The number of amides is 1. The van der Waals surface area contributed by atoms with Gasteiger partial charge in [0.25, 0.3) is 5.91 Å². The zero-order chi connectivity index (χ0) is 18.4. The number of sulfonamides is 1. The normalized spacial score (nSPS) is 12.6. The third kappa shape index (κ3) is 5.07. The predicted molar refractivity (Wildman–Crippen MR) is 94.6 cm³/mol. The minimum atomic E-state index is -3.74. The standard InChI is InChI=1S/C17H22N4O3S/c1-4-21(3)17(22)14-6-5-7-16(11-14)25(23,24)20-13(2)10-15-12-18-8-9-19-15/h5-9,11-13,20H,4,10H2,1-3H3. The largest absolute Gasteiger partial charge is 0.342 e. The number of carbonyl (C=O) groups excluding carboxylic acids is 1. The van der Waals surface area contributed by atoms with Gasteiger partial charge in [0.1, 0.15) is 0 Å². The lowest BCUT2D eigenvalue weighted by atomic mass is 10.2. The van der Waals surface area contributed by atoms with Gasteiger partial charge < -0.3 is 4.90 Å². The lowest BCUT2D eigenvalue weighted by Gasteiger charge is -2.16. The highest BCUT2D eigenvalue weighted by molar-refractivity contribution is 7.89. The fourth-order valence-corrected chi connectivity index (χ4v) is 3.57. The highest BCUT2D eigenvalue weighted by Crippen LogP contribution is 2.14. The van der Waals surface area contributed by atoms with E-state index in [-0.39, 0.29) is 16.8 Å². The van der Waals surface area contributed by atoms with Gasteiger partial charge in [-0.2, -0.15) is 0 Å². The van der Waals surface area contributed by atoms with Crippen LogP contribution in [0.4, 0.5) is 0 Å². The molecule has 0 aliphatic heterocycles. The van der Waals surface area contributed by atoms with Gasteiger partial charge in [-0.1, -0.05) is 6.07 Å². The molecule has 0 fully saturated rings. The maximum Gasteiger partial charge on any atom is 0.253 e. The molecule has 1 atom stereocenters. The predicted octanol–water partition coefficient (Wildman–Crippen LogP) is 1.48. The Hall–Kier alpha value is -2.32. The first kappa shape index (κ1) is 19.0. The summed E-state index contributed by atoms with van der Waals surface area (Å²) in [4.78, 5) is 21.9. The van der Waals surface area contributed by atoms with Crippen LogP contribution in [-0.4, -0.2) is 48.8 Å². The van der Waals surface area contributed by atoms with Crippen LogP contribution < -0.4 is 4.72 Å². The summed E-state index contributed by atoms with van der Waals surface area (Å²) in [5, 5.41) is 0. The van der Waals surface area contributed by atoms with E-state index in [0.717, 1.165) is 0 Å². The van der Waals surface area contributed by atoms with E-state index in [9.17, 15) is 13.2 Å². The van der Waals surface area contributed by atoms with Crippen molar-refractivity contribution < 1.29 is 13.2 Å². The first-order valence-corrected chi connectivity index (χ1v) is 9.44. The number of nitrogens with zero attached hydrogens (tertiary/aromatic N) is 3. The van der Waals surface area contributed by atoms with E-state index in [1.165, 1.54) is 17.0 Å². The van der Waals surface area contributed by atoms with Crippen molar-refractivity contribution in [2.75, 3.05) is 13.6 Å². The molecule has 0 aliphatic rings. The molecule has 0 bridgehead atoms. The van der Waals surface area contributed by atoms with E-state index in [4.69, 9.17) is 0 Å². The number of aromatic nitrogens is 2. The van der Waals surface area contributed by atoms with Crippen LogP contribution in [0.25, 0.3) is 0 Å². The number of hydrogen-bond donors (Lipinski definition) is 1. The highest BCUT2D eigenvalue weighted by atomic mass is 32.2. The van der Waals surface area contributed by atoms with Gasteiger partial charge in [0.05, 0.1) is 10.6 Å². The Balaban J connectivity index is 2.15. The molecule has 0 aliphatic carbocycles. The van der Waals surface area contributed by atoms with Crippen molar-refractivity contribution in [3.63, 3.8) is 0 Å². The van der Waals surface area contributed by atoms with E-state index < -0.39 is 10.0 Å². The fourth-order valence-electron chi connectivity index (χ4n) is 2.28. The molecule has 2 rings (SSSR count). The fraction of sp³-hybridized carbons (Fsp3) is 0.353. The minimum absolute atomic E-state index is 0.0637. The Kier molecular flexibility index (Phi) is 6.22. The van der Waals surface area contributed by atoms with Crippen LogP contribution in [0.1, 0.15) is 29.9 Å². The maximum absolute atomic E-state index is 12.6. The van der Waals surface area contributed by atoms with Crippen LogP contribution >= 0.6 is 0 Å². The Bertz CT molecular complexity index is 825. The molecule has 7 nitrogen and oxygen atoms in total. The van der Waals surface area contributed by atoms with Gasteiger partial charge in [0, 0.05) is 50.2 Å². The van der Waals surface area contributed by atoms with Gasteiger partial charge in [-0.25, -0.2) is 13.1 Å². The highest BCUT2D eigenvalue weighted by Gasteiger charge is 2.20. The van der Waals surface area contributed by atoms with Crippen LogP contribution in [-0.2, 0) is 16.4 Å². The van der Waals surface area contributed by atoms with Crippen LogP contribution in [0.5, 0.6) is 0 Å². The van der Waals surface area contributed by atoms with Crippen molar-refractivity contribution in [2.45, 2.75) is 31.2 Å². The average molecular weight is 362 g/mol. The van der Waals surface area contributed by atoms with Gasteiger partial charge >= 0.3 is 0 Å². The van der Waals surface area contributed by atoms with Crippen molar-refractivity contribution in [2.24, 2.45) is 0 Å². The molecule has 134 valence electrons. The Labute approximate surface area is 148 Å². The molecule has 1 N–H and O–H groups in total. The van der Waals surface area contributed by atoms with Crippen molar-refractivity contribution in [3.8, 4) is 0 Å². The van der Waals surface area contributed by atoms with E-state index in [1.807, 2.05) is 6.92 Å². The molecule has 1 heterocycles. The molecule has 1 aromatic carbocycles. The third-order valence-electron chi connectivity index (χ3n) is 3.70. The number of hydrogen-bond acceptors (Lipinski definition) is 5. The zero-order valence-electron chi connectivity index (χ0n) is 14.5. The summed E-state index contributed by atoms with van der Waals surface area (Å²) in [5.41, 5.74) is 1.04. The van der Waals surface area contributed by atoms with Gasteiger partial charge in [-0.3, -0.25) is 14.8 Å². The second kappa shape index (κ2) is 8.17. The summed E-state index contributed by atoms with van der Waals surface area (Å²) in [6.07, 6.45) is 5.15. The first-order valence-electron chi connectivity index (χ1n) is 7.96. The first-order chi connectivity index (χ1) is 11.8. The molecule has 1 unspecified atom stereocenters. The smallest absolute Gasteiger partial charge is 0.253 e. The van der Waals surface area contributed by atoms with Crippen LogP contribution in [0.3, 0.4) is 0 Å². The summed E-state index contributed by atoms with van der Waals surface area (Å²) in [6.45, 7) is 4.16. The number of benzene rings is 1. The van der Waals surface area contributed by atoms with E-state index >= 15 is 0 Å². The lowest BCUT2D eigenvalue weighted by Crippen LogP contribution is -2.34. The lowest BCUT2D eigenvalue weighted by molar-refractivity contribution is 0.0802. The summed E-state index contributed by atoms with van der Waals surface area (Å²) in [5.74, 6) is -0.216. The second-order valence-corrected chi connectivity index (χ2v) is 7.48. The van der Waals surface area contributed by atoms with E-state index in [2.05, 4.69) is 14.7 Å². The van der Waals surface area contributed by atoms with Gasteiger partial charge in [-0.15, -0.1) is 0 Å². The van der Waals surface area contributed by atoms with Crippen LogP contribution in [0, 0.1) is 0 Å². The van der Waals surface area contributed by atoms with E-state index in [0.29, 0.717) is 24.2 Å². The average Bonchev–Trinajstić information content (AvgIpc) is 2.60. The van der Waals surface area contributed by atoms with Crippen molar-refractivity contribution in [1.82, 2.24) is 19.6 Å². The van der Waals surface area contributed by atoms with E-state index in [1.54, 1.807) is 44.7 Å². The van der Waals surface area contributed by atoms with Crippen molar-refractivity contribution in [3.05, 3.63) is 54.1 Å². The van der Waals surface area contributed by atoms with Gasteiger partial charge in [-0.05, 0) is 32.0 Å². The minimum Gasteiger partial charge on any atom is -0.342 e. The molecule has 8 heteroatoms. The Morgan fingerprint density at radius 2 is 2.08 bits per heavy atom. The number of rotatable bonds is 7. The molecule has 1 aromatic heterocycles. The summed E-state index contributed by atoms with van der Waals surface area (Å²) >= 11 is 0. The maximum atomic E-state index is 12.6. The summed E-state index contributed by atoms with van der Waals surface area (Å²) in [7, 11) is -2.07. The van der Waals surface area contributed by atoms with Crippen molar-refractivity contribution in [1.29, 1.82) is 0 Å². The summed E-state index contributed by atoms with van der Waals surface area (Å²) < 4.78 is 27.8. The monoisotopic (exact) mass is 362 g/mol. The van der Waals surface area contributed by atoms with Crippen LogP contribution in [0.15, 0.2) is 47.8 Å². The molecule has 1 amide bonds. The van der Waals surface area contributed by atoms with Gasteiger partial charge in [0.15, 0.2) is 0 Å². The number of nitrogens with one attached hydrogen (secondary N) is 1. The molecule has 25 heavy (non-hydrogen) atoms. The quantitative estimate of drug-likeness (QED) is 0.805. The topological polar surface area (TPSA) is 92.3 Å². The molecule has 2 aromatic rings. The third-order valence-corrected chi connectivity index (χ3v) is 5.29. The molecular formula is C17H22N4O3S. The molecular weight excluding hydrogens is 340 g/mol. The second-order valence-electron chi connectivity index (χ2n) is 5.77. The van der Waals surface area contributed by atoms with Crippen molar-refractivity contribution >= 4 is 15.9 Å². The molecule has 0 spiro atoms. The summed E-state index contributed by atoms with van der Waals surface area (Å²) in [6, 6.07) is 5.68. The Morgan fingerprint density at radius 3 is 2.72 bits per heavy atom. The Morgan fingerprint density at radius 1 is 1.32 bits per heavy atom. The molecule has 0 saturated carbocycles. The number of carbonyl (C=O) groups is 1. The zero-order valence-corrected chi connectivity index (χ0v) is 15.3. The van der Waals surface area contributed by atoms with Crippen LogP contribution in [0.2, 0.25) is 0 Å². The SMILES string of the molecule is CCN(C)C(=O)c1cccc(S(=O)(=O)NC(C)Cc2cnccn2)c1.